The number of carbonyl (C=O) groups excluding carboxylic acids is 1. The van der Waals surface area contributed by atoms with Crippen LogP contribution in [0, 0.1) is 18.8 Å². The van der Waals surface area contributed by atoms with Crippen LogP contribution in [0.15, 0.2) is 18.3 Å². The molecule has 92 valence electrons. The van der Waals surface area contributed by atoms with E-state index in [0.29, 0.717) is 11.7 Å². The quantitative estimate of drug-likeness (QED) is 0.741. The molecule has 0 spiro atoms. The minimum atomic E-state index is 0.234. The van der Waals surface area contributed by atoms with Crippen molar-refractivity contribution in [2.45, 2.75) is 46.0 Å². The maximum Gasteiger partial charge on any atom is 0.167 e. The summed E-state index contributed by atoms with van der Waals surface area (Å²) in [6, 6.07) is 3.85. The predicted molar refractivity (Wildman–Crippen MR) is 69.0 cm³/mol. The van der Waals surface area contributed by atoms with Crippen molar-refractivity contribution in [1.82, 2.24) is 4.98 Å². The highest BCUT2D eigenvalue weighted by Gasteiger charge is 2.30. The molecule has 1 aliphatic rings. The fourth-order valence-corrected chi connectivity index (χ4v) is 2.87. The van der Waals surface area contributed by atoms with E-state index in [1.807, 2.05) is 19.1 Å². The summed E-state index contributed by atoms with van der Waals surface area (Å²) < 4.78 is 0. The topological polar surface area (TPSA) is 30.0 Å². The first-order valence-corrected chi connectivity index (χ1v) is 6.69. The van der Waals surface area contributed by atoms with Gasteiger partial charge in [0, 0.05) is 23.4 Å². The van der Waals surface area contributed by atoms with Crippen LogP contribution >= 0.6 is 0 Å². The molecule has 2 rings (SSSR count). The van der Waals surface area contributed by atoms with Gasteiger partial charge in [0.25, 0.3) is 0 Å². The number of nitrogens with zero attached hydrogens (tertiary/aromatic N) is 1. The predicted octanol–water partition coefficient (Wildman–Crippen LogP) is 3.79. The van der Waals surface area contributed by atoms with Gasteiger partial charge in [0.15, 0.2) is 5.78 Å². The van der Waals surface area contributed by atoms with Gasteiger partial charge < -0.3 is 0 Å². The Labute approximate surface area is 103 Å². The van der Waals surface area contributed by atoms with Crippen molar-refractivity contribution in [2.24, 2.45) is 11.8 Å². The Morgan fingerprint density at radius 1 is 1.35 bits per heavy atom. The molecule has 1 aromatic rings. The lowest BCUT2D eigenvalue weighted by Crippen LogP contribution is -2.27. The minimum absolute atomic E-state index is 0.234. The summed E-state index contributed by atoms with van der Waals surface area (Å²) in [4.78, 5) is 16.7. The molecule has 17 heavy (non-hydrogen) atoms. The van der Waals surface area contributed by atoms with Crippen LogP contribution in [-0.4, -0.2) is 10.8 Å². The van der Waals surface area contributed by atoms with Crippen molar-refractivity contribution < 1.29 is 4.79 Å². The lowest BCUT2D eigenvalue weighted by Gasteiger charge is -2.29. The van der Waals surface area contributed by atoms with Gasteiger partial charge in [0.05, 0.1) is 0 Å². The number of aryl methyl sites for hydroxylation is 1. The van der Waals surface area contributed by atoms with E-state index in [9.17, 15) is 4.79 Å². The molecule has 1 aliphatic carbocycles. The van der Waals surface area contributed by atoms with Crippen LogP contribution in [-0.2, 0) is 0 Å². The molecule has 0 saturated heterocycles. The smallest absolute Gasteiger partial charge is 0.167 e. The molecule has 2 atom stereocenters. The van der Waals surface area contributed by atoms with Crippen LogP contribution in [0.25, 0.3) is 0 Å². The number of rotatable bonds is 3. The van der Waals surface area contributed by atoms with Crippen LogP contribution in [0.2, 0.25) is 0 Å². The molecular weight excluding hydrogens is 210 g/mol. The number of hydrogen-bond acceptors (Lipinski definition) is 2. The maximum atomic E-state index is 12.4. The average molecular weight is 231 g/mol. The first-order valence-electron chi connectivity index (χ1n) is 6.69. The van der Waals surface area contributed by atoms with Crippen molar-refractivity contribution in [3.63, 3.8) is 0 Å². The number of ketones is 1. The second kappa shape index (κ2) is 5.44. The van der Waals surface area contributed by atoms with Gasteiger partial charge in [-0.3, -0.25) is 9.78 Å². The molecule has 0 aliphatic heterocycles. The summed E-state index contributed by atoms with van der Waals surface area (Å²) in [5, 5.41) is 0. The van der Waals surface area contributed by atoms with Gasteiger partial charge in [-0.1, -0.05) is 26.2 Å². The van der Waals surface area contributed by atoms with E-state index in [-0.39, 0.29) is 5.92 Å². The van der Waals surface area contributed by atoms with E-state index in [1.54, 1.807) is 6.20 Å². The normalized spacial score (nSPS) is 24.6. The lowest BCUT2D eigenvalue weighted by molar-refractivity contribution is 0.0820. The molecule has 0 bridgehead atoms. The van der Waals surface area contributed by atoms with Gasteiger partial charge in [0.2, 0.25) is 0 Å². The molecule has 0 amide bonds. The molecule has 1 fully saturated rings. The molecular formula is C15H21NO. The van der Waals surface area contributed by atoms with Crippen LogP contribution in [0.4, 0.5) is 0 Å². The van der Waals surface area contributed by atoms with Crippen molar-refractivity contribution in [3.8, 4) is 0 Å². The fraction of sp³-hybridized carbons (Fsp3) is 0.600. The Bertz CT molecular complexity index is 382. The van der Waals surface area contributed by atoms with Crippen LogP contribution in [0.5, 0.6) is 0 Å². The highest BCUT2D eigenvalue weighted by Crippen LogP contribution is 2.34. The third-order valence-corrected chi connectivity index (χ3v) is 3.97. The standard InChI is InChI=1S/C15H21NO/c1-3-12-6-4-5-7-14(12)15(17)13-9-8-11(2)16-10-13/h8-10,12,14H,3-7H2,1-2H3. The first-order chi connectivity index (χ1) is 8.22. The van der Waals surface area contributed by atoms with Crippen molar-refractivity contribution in [2.75, 3.05) is 0 Å². The highest BCUT2D eigenvalue weighted by atomic mass is 16.1. The zero-order valence-corrected chi connectivity index (χ0v) is 10.8. The van der Waals surface area contributed by atoms with Gasteiger partial charge in [-0.25, -0.2) is 0 Å². The summed E-state index contributed by atoms with van der Waals surface area (Å²) in [6.07, 6.45) is 7.62. The summed E-state index contributed by atoms with van der Waals surface area (Å²) in [6.45, 7) is 4.15. The van der Waals surface area contributed by atoms with E-state index in [0.717, 1.165) is 24.1 Å². The Morgan fingerprint density at radius 2 is 2.12 bits per heavy atom. The zero-order valence-electron chi connectivity index (χ0n) is 10.8. The molecule has 2 nitrogen and oxygen atoms in total. The van der Waals surface area contributed by atoms with Crippen molar-refractivity contribution in [1.29, 1.82) is 0 Å². The molecule has 0 aromatic carbocycles. The average Bonchev–Trinajstić information content (AvgIpc) is 2.39. The van der Waals surface area contributed by atoms with Gasteiger partial charge in [-0.15, -0.1) is 0 Å². The Hall–Kier alpha value is -1.18. The molecule has 2 heteroatoms. The van der Waals surface area contributed by atoms with Gasteiger partial charge in [-0.2, -0.15) is 0 Å². The van der Waals surface area contributed by atoms with Gasteiger partial charge in [0.1, 0.15) is 0 Å². The molecule has 0 radical (unpaired) electrons. The van der Waals surface area contributed by atoms with E-state index in [2.05, 4.69) is 11.9 Å². The maximum absolute atomic E-state index is 12.4. The number of aromatic nitrogens is 1. The van der Waals surface area contributed by atoms with Gasteiger partial charge >= 0.3 is 0 Å². The summed E-state index contributed by atoms with van der Waals surface area (Å²) in [5.41, 5.74) is 1.76. The second-order valence-electron chi connectivity index (χ2n) is 5.11. The Kier molecular flexibility index (Phi) is 3.93. The number of pyridine rings is 1. The Balaban J connectivity index is 2.15. The van der Waals surface area contributed by atoms with Crippen molar-refractivity contribution >= 4 is 5.78 Å². The zero-order chi connectivity index (χ0) is 12.3. The molecule has 0 N–H and O–H groups in total. The Morgan fingerprint density at radius 3 is 2.76 bits per heavy atom. The molecule has 1 aromatic heterocycles. The third kappa shape index (κ3) is 2.74. The molecule has 1 saturated carbocycles. The third-order valence-electron chi connectivity index (χ3n) is 3.97. The monoisotopic (exact) mass is 231 g/mol. The van der Waals surface area contributed by atoms with Crippen molar-refractivity contribution in [3.05, 3.63) is 29.6 Å². The van der Waals surface area contributed by atoms with E-state index in [1.165, 1.54) is 19.3 Å². The largest absolute Gasteiger partial charge is 0.294 e. The number of hydrogen-bond donors (Lipinski definition) is 0. The highest BCUT2D eigenvalue weighted by molar-refractivity contribution is 5.97. The van der Waals surface area contributed by atoms with Crippen LogP contribution in [0.3, 0.4) is 0 Å². The summed E-state index contributed by atoms with van der Waals surface area (Å²) in [5.74, 6) is 1.12. The SMILES string of the molecule is CCC1CCCCC1C(=O)c1ccc(C)nc1. The van der Waals surface area contributed by atoms with Gasteiger partial charge in [-0.05, 0) is 37.8 Å². The van der Waals surface area contributed by atoms with Crippen LogP contribution < -0.4 is 0 Å². The molecule has 2 unspecified atom stereocenters. The van der Waals surface area contributed by atoms with E-state index < -0.39 is 0 Å². The molecule has 1 heterocycles. The minimum Gasteiger partial charge on any atom is -0.294 e. The summed E-state index contributed by atoms with van der Waals surface area (Å²) in [7, 11) is 0. The first kappa shape index (κ1) is 12.3. The second-order valence-corrected chi connectivity index (χ2v) is 5.11. The lowest BCUT2D eigenvalue weighted by atomic mass is 9.74. The van der Waals surface area contributed by atoms with E-state index >= 15 is 0 Å². The summed E-state index contributed by atoms with van der Waals surface area (Å²) >= 11 is 0. The fourth-order valence-electron chi connectivity index (χ4n) is 2.87. The number of carbonyl (C=O) groups is 1. The van der Waals surface area contributed by atoms with E-state index in [4.69, 9.17) is 0 Å². The number of Topliss-reactive ketones (excluding diaryl/α,β-unsaturated/α-hetero) is 1. The van der Waals surface area contributed by atoms with Crippen LogP contribution in [0.1, 0.15) is 55.1 Å².